The Morgan fingerprint density at radius 2 is 2.00 bits per heavy atom. The lowest BCUT2D eigenvalue weighted by Crippen LogP contribution is -2.40. The summed E-state index contributed by atoms with van der Waals surface area (Å²) in [6.45, 7) is 0. The zero-order chi connectivity index (χ0) is 11.6. The maximum Gasteiger partial charge on any atom is 0.309 e. The molecule has 0 aromatic carbocycles. The van der Waals surface area contributed by atoms with Gasteiger partial charge in [-0.3, -0.25) is 9.59 Å². The van der Waals surface area contributed by atoms with Gasteiger partial charge in [0.1, 0.15) is 0 Å². The smallest absolute Gasteiger partial charge is 0.309 e. The normalized spacial score (nSPS) is 29.5. The van der Waals surface area contributed by atoms with E-state index in [4.69, 9.17) is 5.11 Å². The molecule has 4 nitrogen and oxygen atoms in total. The number of hydrogen-bond acceptors (Lipinski definition) is 3. The van der Waals surface area contributed by atoms with E-state index >= 15 is 0 Å². The first-order valence-electron chi connectivity index (χ1n) is 4.56. The molecule has 1 aliphatic carbocycles. The van der Waals surface area contributed by atoms with Crippen molar-refractivity contribution in [2.75, 3.05) is 7.11 Å². The Hall–Kier alpha value is -1.20. The van der Waals surface area contributed by atoms with Crippen LogP contribution in [-0.4, -0.2) is 30.1 Å². The predicted octanol–water partition coefficient (Wildman–Crippen LogP) is 1.30. The highest BCUT2D eigenvalue weighted by Gasteiger charge is 2.47. The van der Waals surface area contributed by atoms with Crippen LogP contribution in [0.15, 0.2) is 0 Å². The van der Waals surface area contributed by atoms with E-state index in [9.17, 15) is 18.4 Å². The van der Waals surface area contributed by atoms with Gasteiger partial charge in [0.2, 0.25) is 5.92 Å². The van der Waals surface area contributed by atoms with Gasteiger partial charge in [-0.05, 0) is 6.42 Å². The highest BCUT2D eigenvalue weighted by Crippen LogP contribution is 2.40. The minimum Gasteiger partial charge on any atom is -0.481 e. The molecular weight excluding hydrogens is 210 g/mol. The molecular formula is C9H12F2O4. The first kappa shape index (κ1) is 11.9. The van der Waals surface area contributed by atoms with Crippen molar-refractivity contribution in [3.05, 3.63) is 0 Å². The van der Waals surface area contributed by atoms with Crippen LogP contribution in [-0.2, 0) is 14.3 Å². The van der Waals surface area contributed by atoms with Gasteiger partial charge in [0.05, 0.1) is 18.9 Å². The molecule has 1 fully saturated rings. The Labute approximate surface area is 85.2 Å². The first-order chi connectivity index (χ1) is 6.87. The number of halogens is 2. The minimum absolute atomic E-state index is 0.192. The minimum atomic E-state index is -2.97. The second-order valence-corrected chi connectivity index (χ2v) is 3.67. The number of aliphatic carboxylic acids is 1. The summed E-state index contributed by atoms with van der Waals surface area (Å²) in [7, 11) is 1.06. The number of carboxylic acid groups (broad SMARTS) is 1. The molecule has 2 atom stereocenters. The van der Waals surface area contributed by atoms with E-state index in [1.165, 1.54) is 0 Å². The molecule has 1 aliphatic rings. The van der Waals surface area contributed by atoms with Crippen LogP contribution in [0.2, 0.25) is 0 Å². The molecule has 0 bridgehead atoms. The molecule has 0 spiro atoms. The number of esters is 1. The van der Waals surface area contributed by atoms with Crippen LogP contribution in [0.4, 0.5) is 8.78 Å². The molecule has 0 heterocycles. The van der Waals surface area contributed by atoms with Gasteiger partial charge in [0, 0.05) is 12.8 Å². The van der Waals surface area contributed by atoms with Crippen LogP contribution in [0.5, 0.6) is 0 Å². The van der Waals surface area contributed by atoms with Crippen molar-refractivity contribution >= 4 is 11.9 Å². The number of ether oxygens (including phenoxy) is 1. The summed E-state index contributed by atoms with van der Waals surface area (Å²) in [5.74, 6) is -7.36. The van der Waals surface area contributed by atoms with E-state index in [1.807, 2.05) is 0 Å². The summed E-state index contributed by atoms with van der Waals surface area (Å²) in [6, 6.07) is 0. The number of carbonyl (C=O) groups excluding carboxylic acids is 1. The first-order valence-corrected chi connectivity index (χ1v) is 4.56. The molecule has 6 heteroatoms. The van der Waals surface area contributed by atoms with E-state index in [1.54, 1.807) is 0 Å². The molecule has 0 unspecified atom stereocenters. The van der Waals surface area contributed by atoms with Gasteiger partial charge in [-0.15, -0.1) is 0 Å². The molecule has 1 saturated carbocycles. The highest BCUT2D eigenvalue weighted by molar-refractivity contribution is 5.81. The van der Waals surface area contributed by atoms with E-state index in [-0.39, 0.29) is 6.42 Å². The van der Waals surface area contributed by atoms with E-state index < -0.39 is 42.5 Å². The largest absolute Gasteiger partial charge is 0.481 e. The van der Waals surface area contributed by atoms with Gasteiger partial charge < -0.3 is 9.84 Å². The van der Waals surface area contributed by atoms with Crippen molar-refractivity contribution in [1.29, 1.82) is 0 Å². The Kier molecular flexibility index (Phi) is 3.26. The predicted molar refractivity (Wildman–Crippen MR) is 45.4 cm³/mol. The second-order valence-electron chi connectivity index (χ2n) is 3.67. The van der Waals surface area contributed by atoms with Gasteiger partial charge in [-0.2, -0.15) is 0 Å². The monoisotopic (exact) mass is 222 g/mol. The molecule has 0 aromatic heterocycles. The quantitative estimate of drug-likeness (QED) is 0.715. The fraction of sp³-hybridized carbons (Fsp3) is 0.778. The third kappa shape index (κ3) is 2.64. The lowest BCUT2D eigenvalue weighted by molar-refractivity contribution is -0.166. The van der Waals surface area contributed by atoms with Crippen molar-refractivity contribution in [3.63, 3.8) is 0 Å². The van der Waals surface area contributed by atoms with Gasteiger partial charge in [0.15, 0.2) is 0 Å². The van der Waals surface area contributed by atoms with Crippen LogP contribution >= 0.6 is 0 Å². The van der Waals surface area contributed by atoms with Gasteiger partial charge in [0.25, 0.3) is 0 Å². The van der Waals surface area contributed by atoms with Crippen LogP contribution in [0.3, 0.4) is 0 Å². The summed E-state index contributed by atoms with van der Waals surface area (Å²) in [5, 5.41) is 8.77. The Morgan fingerprint density at radius 1 is 1.40 bits per heavy atom. The number of carbonyl (C=O) groups is 2. The van der Waals surface area contributed by atoms with E-state index in [0.717, 1.165) is 7.11 Å². The van der Waals surface area contributed by atoms with Crippen molar-refractivity contribution < 1.29 is 28.2 Å². The van der Waals surface area contributed by atoms with Gasteiger partial charge in [-0.25, -0.2) is 8.78 Å². The maximum absolute atomic E-state index is 13.0. The maximum atomic E-state index is 13.0. The van der Waals surface area contributed by atoms with Crippen LogP contribution in [0.25, 0.3) is 0 Å². The number of alkyl halides is 2. The fourth-order valence-electron chi connectivity index (χ4n) is 1.83. The molecule has 0 amide bonds. The molecule has 15 heavy (non-hydrogen) atoms. The summed E-state index contributed by atoms with van der Waals surface area (Å²) < 4.78 is 30.3. The summed E-state index contributed by atoms with van der Waals surface area (Å²) in [5.41, 5.74) is 0. The number of hydrogen-bond donors (Lipinski definition) is 1. The molecule has 0 aromatic rings. The second kappa shape index (κ2) is 4.12. The Balaban J connectivity index is 2.83. The molecule has 86 valence electrons. The third-order valence-electron chi connectivity index (χ3n) is 2.65. The molecule has 0 saturated heterocycles. The van der Waals surface area contributed by atoms with Crippen molar-refractivity contribution in [2.24, 2.45) is 11.8 Å². The topological polar surface area (TPSA) is 63.6 Å². The van der Waals surface area contributed by atoms with Crippen molar-refractivity contribution in [1.82, 2.24) is 0 Å². The van der Waals surface area contributed by atoms with E-state index in [0.29, 0.717) is 0 Å². The zero-order valence-electron chi connectivity index (χ0n) is 8.20. The standard InChI is InChI=1S/C9H12F2O4/c1-15-8(14)6-4-9(10,11)3-2-5(6)7(12)13/h5-6H,2-4H2,1H3,(H,12,13)/t5-,6-/m1/s1. The van der Waals surface area contributed by atoms with Gasteiger partial charge in [-0.1, -0.05) is 0 Å². The van der Waals surface area contributed by atoms with Crippen molar-refractivity contribution in [2.45, 2.75) is 25.2 Å². The lowest BCUT2D eigenvalue weighted by atomic mass is 9.77. The van der Waals surface area contributed by atoms with Gasteiger partial charge >= 0.3 is 11.9 Å². The SMILES string of the molecule is COC(=O)[C@@H]1CC(F)(F)CC[C@H]1C(=O)O. The summed E-state index contributed by atoms with van der Waals surface area (Å²) in [6.07, 6.45) is -1.42. The van der Waals surface area contributed by atoms with Crippen molar-refractivity contribution in [3.8, 4) is 0 Å². The zero-order valence-corrected chi connectivity index (χ0v) is 8.20. The number of methoxy groups -OCH3 is 1. The molecule has 0 aliphatic heterocycles. The molecule has 0 radical (unpaired) electrons. The molecule has 1 rings (SSSR count). The fourth-order valence-corrected chi connectivity index (χ4v) is 1.83. The average molecular weight is 222 g/mol. The number of rotatable bonds is 2. The van der Waals surface area contributed by atoms with Crippen LogP contribution < -0.4 is 0 Å². The van der Waals surface area contributed by atoms with Crippen LogP contribution in [0.1, 0.15) is 19.3 Å². The average Bonchev–Trinajstić information content (AvgIpc) is 2.14. The third-order valence-corrected chi connectivity index (χ3v) is 2.65. The lowest BCUT2D eigenvalue weighted by Gasteiger charge is -2.31. The van der Waals surface area contributed by atoms with Crippen LogP contribution in [0, 0.1) is 11.8 Å². The summed E-state index contributed by atoms with van der Waals surface area (Å²) in [4.78, 5) is 21.9. The number of carboxylic acids is 1. The Morgan fingerprint density at radius 3 is 2.47 bits per heavy atom. The summed E-state index contributed by atoms with van der Waals surface area (Å²) >= 11 is 0. The Bertz CT molecular complexity index is 277. The van der Waals surface area contributed by atoms with E-state index in [2.05, 4.69) is 4.74 Å². The molecule has 1 N–H and O–H groups in total. The highest BCUT2D eigenvalue weighted by atomic mass is 19.3.